The number of hydrogen-bond donors (Lipinski definition) is 1. The van der Waals surface area contributed by atoms with E-state index < -0.39 is 17.9 Å². The van der Waals surface area contributed by atoms with Crippen molar-refractivity contribution in [2.45, 2.75) is 18.6 Å². The molecule has 4 aromatic carbocycles. The molecule has 13 heteroatoms. The summed E-state index contributed by atoms with van der Waals surface area (Å²) in [4.78, 5) is 26.3. The number of phenols is 1. The Bertz CT molecular complexity index is 2190. The SMILES string of the molecule is COc1ccc(/C=C/C(=O)c2ccc(OCc3cn([C@@H]4c5cc6c(cc5[C@@H](c5cc(OC)c(O)c(OC)c5)[C@H]5C(=O)OC[C@@H]54)OCO6)nn3)cc2)cc1. The van der Waals surface area contributed by atoms with Crippen molar-refractivity contribution in [3.05, 3.63) is 119 Å². The van der Waals surface area contributed by atoms with Gasteiger partial charge in [0.15, 0.2) is 28.8 Å². The Balaban J connectivity index is 1.04. The molecule has 1 N–H and O–H groups in total. The van der Waals surface area contributed by atoms with E-state index >= 15 is 0 Å². The van der Waals surface area contributed by atoms with Crippen LogP contribution in [0.15, 0.2) is 85.1 Å². The predicted octanol–water partition coefficient (Wildman–Crippen LogP) is 5.74. The van der Waals surface area contributed by atoms with Crippen LogP contribution in [0, 0.1) is 11.8 Å². The minimum Gasteiger partial charge on any atom is -0.502 e. The number of hydrogen-bond acceptors (Lipinski definition) is 12. The molecule has 0 saturated carbocycles. The maximum absolute atomic E-state index is 13.6. The quantitative estimate of drug-likeness (QED) is 0.101. The lowest BCUT2D eigenvalue weighted by Crippen LogP contribution is -2.37. The summed E-state index contributed by atoms with van der Waals surface area (Å²) in [6.45, 7) is 0.352. The molecule has 0 unspecified atom stereocenters. The number of rotatable bonds is 11. The van der Waals surface area contributed by atoms with Crippen molar-refractivity contribution < 1.29 is 47.9 Å². The molecule has 2 aliphatic heterocycles. The summed E-state index contributed by atoms with van der Waals surface area (Å²) < 4.78 is 41.2. The van der Waals surface area contributed by atoms with Gasteiger partial charge in [-0.25, -0.2) is 4.68 Å². The maximum Gasteiger partial charge on any atom is 0.310 e. The largest absolute Gasteiger partial charge is 0.502 e. The average molecular weight is 718 g/mol. The lowest BCUT2D eigenvalue weighted by atomic mass is 9.65. The number of nitrogens with zero attached hydrogens (tertiary/aromatic N) is 3. The number of aromatic nitrogens is 3. The van der Waals surface area contributed by atoms with E-state index in [-0.39, 0.29) is 54.9 Å². The molecular weight excluding hydrogens is 682 g/mol. The van der Waals surface area contributed by atoms with E-state index in [0.717, 1.165) is 22.4 Å². The molecule has 8 rings (SSSR count). The van der Waals surface area contributed by atoms with E-state index in [0.29, 0.717) is 34.1 Å². The van der Waals surface area contributed by atoms with Gasteiger partial charge in [0.1, 0.15) is 23.8 Å². The maximum atomic E-state index is 13.6. The van der Waals surface area contributed by atoms with Gasteiger partial charge in [0.2, 0.25) is 12.5 Å². The molecule has 5 aromatic rings. The van der Waals surface area contributed by atoms with E-state index in [2.05, 4.69) is 10.3 Å². The molecule has 0 amide bonds. The van der Waals surface area contributed by atoms with Gasteiger partial charge in [-0.3, -0.25) is 9.59 Å². The van der Waals surface area contributed by atoms with Crippen LogP contribution in [-0.2, 0) is 16.1 Å². The van der Waals surface area contributed by atoms with E-state index in [1.807, 2.05) is 36.4 Å². The highest BCUT2D eigenvalue weighted by Gasteiger charge is 2.53. The lowest BCUT2D eigenvalue weighted by molar-refractivity contribution is -0.141. The summed E-state index contributed by atoms with van der Waals surface area (Å²) >= 11 is 0. The third-order valence-corrected chi connectivity index (χ3v) is 9.92. The van der Waals surface area contributed by atoms with Crippen molar-refractivity contribution >= 4 is 17.8 Å². The minimum absolute atomic E-state index is 0.0731. The molecule has 1 aromatic heterocycles. The normalized spacial score (nSPS) is 19.7. The molecule has 0 spiro atoms. The summed E-state index contributed by atoms with van der Waals surface area (Å²) in [6, 6.07) is 21.1. The monoisotopic (exact) mass is 717 g/mol. The number of methoxy groups -OCH3 is 3. The number of benzene rings is 4. The average Bonchev–Trinajstić information content (AvgIpc) is 3.95. The third-order valence-electron chi connectivity index (χ3n) is 9.92. The summed E-state index contributed by atoms with van der Waals surface area (Å²) in [5, 5.41) is 19.6. The standard InChI is InChI=1S/C40H35N3O10/c1-47-26-9-4-22(5-10-26)6-13-31(44)23-7-11-27(12-8-23)50-19-25-18-43(42-41-25)38-29-17-33-32(52-21-53-33)16-28(29)36(37-30(38)20-51-40(37)46)24-14-34(48-2)39(45)35(15-24)49-3/h4-18,30,36-38,45H,19-21H2,1-3H3/b13-6+/t30-,36+,37-,38+/m0/s1. The van der Waals surface area contributed by atoms with Crippen molar-refractivity contribution in [1.29, 1.82) is 0 Å². The van der Waals surface area contributed by atoms with Crippen molar-refractivity contribution in [3.8, 4) is 40.2 Å². The minimum atomic E-state index is -0.608. The van der Waals surface area contributed by atoms with Crippen LogP contribution in [0.4, 0.5) is 0 Å². The number of allylic oxidation sites excluding steroid dienone is 1. The van der Waals surface area contributed by atoms with Crippen LogP contribution in [0.5, 0.6) is 40.2 Å². The van der Waals surface area contributed by atoms with Crippen LogP contribution in [0.25, 0.3) is 6.08 Å². The molecule has 0 bridgehead atoms. The third kappa shape index (κ3) is 6.24. The molecule has 1 aliphatic carbocycles. The zero-order chi connectivity index (χ0) is 36.6. The fourth-order valence-electron chi connectivity index (χ4n) is 7.34. The van der Waals surface area contributed by atoms with E-state index in [1.165, 1.54) is 20.3 Å². The second kappa shape index (κ2) is 13.9. The van der Waals surface area contributed by atoms with Crippen LogP contribution in [0.3, 0.4) is 0 Å². The first-order valence-corrected chi connectivity index (χ1v) is 16.9. The van der Waals surface area contributed by atoms with Gasteiger partial charge >= 0.3 is 5.97 Å². The van der Waals surface area contributed by atoms with Crippen molar-refractivity contribution in [2.75, 3.05) is 34.7 Å². The lowest BCUT2D eigenvalue weighted by Gasteiger charge is -2.39. The van der Waals surface area contributed by atoms with Crippen LogP contribution in [-0.4, -0.2) is 66.6 Å². The fraction of sp³-hybridized carbons (Fsp3) is 0.250. The van der Waals surface area contributed by atoms with Gasteiger partial charge in [0.25, 0.3) is 0 Å². The number of ketones is 1. The number of cyclic esters (lactones) is 1. The second-order valence-electron chi connectivity index (χ2n) is 12.8. The summed E-state index contributed by atoms with van der Waals surface area (Å²) in [5.41, 5.74) is 4.36. The van der Waals surface area contributed by atoms with Crippen LogP contribution < -0.4 is 28.4 Å². The van der Waals surface area contributed by atoms with Gasteiger partial charge in [-0.2, -0.15) is 0 Å². The summed E-state index contributed by atoms with van der Waals surface area (Å²) in [5.74, 6) is 0.842. The topological polar surface area (TPSA) is 150 Å². The molecule has 3 heterocycles. The fourth-order valence-corrected chi connectivity index (χ4v) is 7.34. The molecule has 53 heavy (non-hydrogen) atoms. The van der Waals surface area contributed by atoms with Crippen molar-refractivity contribution in [2.24, 2.45) is 11.8 Å². The summed E-state index contributed by atoms with van der Waals surface area (Å²) in [7, 11) is 4.52. The molecule has 4 atom stereocenters. The van der Waals surface area contributed by atoms with Gasteiger partial charge in [0, 0.05) is 17.4 Å². The molecule has 1 fully saturated rings. The van der Waals surface area contributed by atoms with Crippen LogP contribution in [0.1, 0.15) is 50.3 Å². The highest BCUT2D eigenvalue weighted by molar-refractivity contribution is 6.06. The number of carbonyl (C=O) groups is 2. The van der Waals surface area contributed by atoms with Crippen molar-refractivity contribution in [3.63, 3.8) is 0 Å². The van der Waals surface area contributed by atoms with Gasteiger partial charge in [0.05, 0.1) is 46.1 Å². The number of carbonyl (C=O) groups excluding carboxylic acids is 2. The smallest absolute Gasteiger partial charge is 0.310 e. The van der Waals surface area contributed by atoms with Crippen LogP contribution in [0.2, 0.25) is 0 Å². The van der Waals surface area contributed by atoms with Gasteiger partial charge in [-0.15, -0.1) is 5.10 Å². The molecule has 13 nitrogen and oxygen atoms in total. The number of phenolic OH excluding ortho intramolecular Hbond substituents is 1. The first-order chi connectivity index (χ1) is 25.8. The number of fused-ring (bicyclic) bond motifs is 3. The zero-order valence-electron chi connectivity index (χ0n) is 29.1. The Kier molecular flexibility index (Phi) is 8.82. The molecular formula is C40H35N3O10. The van der Waals surface area contributed by atoms with E-state index in [4.69, 9.17) is 33.2 Å². The highest BCUT2D eigenvalue weighted by Crippen LogP contribution is 2.56. The summed E-state index contributed by atoms with van der Waals surface area (Å²) in [6.07, 6.45) is 5.08. The number of esters is 1. The van der Waals surface area contributed by atoms with Crippen LogP contribution >= 0.6 is 0 Å². The van der Waals surface area contributed by atoms with E-state index in [9.17, 15) is 14.7 Å². The molecule has 0 radical (unpaired) electrons. The Morgan fingerprint density at radius 3 is 2.25 bits per heavy atom. The Morgan fingerprint density at radius 1 is 0.887 bits per heavy atom. The first-order valence-electron chi connectivity index (χ1n) is 16.9. The number of ether oxygens (including phenoxy) is 7. The van der Waals surface area contributed by atoms with Gasteiger partial charge in [-0.1, -0.05) is 23.4 Å². The molecule has 1 saturated heterocycles. The Labute approximate surface area is 304 Å². The highest BCUT2D eigenvalue weighted by atomic mass is 16.7. The van der Waals surface area contributed by atoms with Gasteiger partial charge in [-0.05, 0) is 89.0 Å². The zero-order valence-corrected chi connectivity index (χ0v) is 29.1. The molecule has 270 valence electrons. The first kappa shape index (κ1) is 33.6. The number of aromatic hydroxyl groups is 1. The van der Waals surface area contributed by atoms with Gasteiger partial charge < -0.3 is 38.3 Å². The Morgan fingerprint density at radius 2 is 1.57 bits per heavy atom. The van der Waals surface area contributed by atoms with Crippen molar-refractivity contribution in [1.82, 2.24) is 15.0 Å². The molecule has 3 aliphatic rings. The second-order valence-corrected chi connectivity index (χ2v) is 12.8. The van der Waals surface area contributed by atoms with E-state index in [1.54, 1.807) is 60.5 Å². The Hall–Kier alpha value is -6.50. The predicted molar refractivity (Wildman–Crippen MR) is 189 cm³/mol.